The van der Waals surface area contributed by atoms with Gasteiger partial charge in [0.25, 0.3) is 11.5 Å². The summed E-state index contributed by atoms with van der Waals surface area (Å²) in [6.45, 7) is 3.72. The van der Waals surface area contributed by atoms with Crippen LogP contribution < -0.4 is 20.8 Å². The molecule has 31 heavy (non-hydrogen) atoms. The molecule has 1 amide bonds. The lowest BCUT2D eigenvalue weighted by atomic mass is 10.2. The number of aromatic nitrogens is 2. The minimum Gasteiger partial charge on any atom is -0.490 e. The zero-order valence-corrected chi connectivity index (χ0v) is 19.2. The van der Waals surface area contributed by atoms with Crippen LogP contribution in [-0.4, -0.2) is 35.0 Å². The molecule has 10 heteroatoms. The van der Waals surface area contributed by atoms with Crippen molar-refractivity contribution in [3.05, 3.63) is 61.6 Å². The maximum absolute atomic E-state index is 13.0. The maximum Gasteiger partial charge on any atom is 0.282 e. The Morgan fingerprint density at radius 3 is 2.74 bits per heavy atom. The standard InChI is InChI=1S/C21H20BrClN4O4/c1-3-19-26-16-6-5-13(22)9-14(16)21(29)27(19)25-10-12-7-15(23)20(31-11-18(24)28)17(8-12)30-4-2/h5-10H,3-4,11H2,1-2H3,(H2,24,28). The summed E-state index contributed by atoms with van der Waals surface area (Å²) >= 11 is 9.69. The molecule has 0 fully saturated rings. The Morgan fingerprint density at radius 1 is 1.29 bits per heavy atom. The first-order valence-corrected chi connectivity index (χ1v) is 10.6. The predicted octanol–water partition coefficient (Wildman–Crippen LogP) is 3.52. The molecule has 3 rings (SSSR count). The van der Waals surface area contributed by atoms with Gasteiger partial charge in [-0.25, -0.2) is 4.98 Å². The van der Waals surface area contributed by atoms with Gasteiger partial charge in [0.05, 0.1) is 28.7 Å². The highest BCUT2D eigenvalue weighted by Gasteiger charge is 2.14. The highest BCUT2D eigenvalue weighted by molar-refractivity contribution is 9.10. The fourth-order valence-electron chi connectivity index (χ4n) is 2.88. The zero-order chi connectivity index (χ0) is 22.5. The minimum atomic E-state index is -0.633. The zero-order valence-electron chi connectivity index (χ0n) is 16.9. The van der Waals surface area contributed by atoms with Crippen LogP contribution in [0.2, 0.25) is 5.02 Å². The molecule has 8 nitrogen and oxygen atoms in total. The first-order chi connectivity index (χ1) is 14.8. The van der Waals surface area contributed by atoms with E-state index in [0.717, 1.165) is 4.47 Å². The van der Waals surface area contributed by atoms with Crippen LogP contribution in [0.5, 0.6) is 11.5 Å². The Labute approximate surface area is 191 Å². The van der Waals surface area contributed by atoms with Crippen molar-refractivity contribution >= 4 is 50.6 Å². The summed E-state index contributed by atoms with van der Waals surface area (Å²) < 4.78 is 13.0. The number of primary amides is 1. The van der Waals surface area contributed by atoms with E-state index in [1.807, 2.05) is 13.0 Å². The number of carbonyl (C=O) groups excluding carboxylic acids is 1. The highest BCUT2D eigenvalue weighted by Crippen LogP contribution is 2.36. The van der Waals surface area contributed by atoms with Crippen molar-refractivity contribution in [2.45, 2.75) is 20.3 Å². The lowest BCUT2D eigenvalue weighted by Crippen LogP contribution is -2.22. The summed E-state index contributed by atoms with van der Waals surface area (Å²) in [4.78, 5) is 28.6. The van der Waals surface area contributed by atoms with Crippen LogP contribution in [0.3, 0.4) is 0 Å². The molecule has 0 radical (unpaired) electrons. The van der Waals surface area contributed by atoms with Crippen molar-refractivity contribution in [1.82, 2.24) is 9.66 Å². The number of ether oxygens (including phenoxy) is 2. The van der Waals surface area contributed by atoms with E-state index in [0.29, 0.717) is 41.1 Å². The van der Waals surface area contributed by atoms with E-state index in [-0.39, 0.29) is 22.9 Å². The number of nitrogens with zero attached hydrogens (tertiary/aromatic N) is 3. The van der Waals surface area contributed by atoms with Gasteiger partial charge in [-0.05, 0) is 42.8 Å². The Bertz CT molecular complexity index is 1230. The number of benzene rings is 2. The number of nitrogens with two attached hydrogens (primary N) is 1. The van der Waals surface area contributed by atoms with Gasteiger partial charge in [0.15, 0.2) is 18.1 Å². The highest BCUT2D eigenvalue weighted by atomic mass is 79.9. The van der Waals surface area contributed by atoms with Crippen LogP contribution in [0.4, 0.5) is 0 Å². The molecule has 162 valence electrons. The number of halogens is 2. The lowest BCUT2D eigenvalue weighted by molar-refractivity contribution is -0.119. The van der Waals surface area contributed by atoms with Gasteiger partial charge in [-0.1, -0.05) is 34.5 Å². The third-order valence-corrected chi connectivity index (χ3v) is 4.98. The molecule has 1 aromatic heterocycles. The molecule has 3 aromatic rings. The second-order valence-corrected chi connectivity index (χ2v) is 7.75. The summed E-state index contributed by atoms with van der Waals surface area (Å²) in [7, 11) is 0. The van der Waals surface area contributed by atoms with Gasteiger partial charge in [0, 0.05) is 10.9 Å². The van der Waals surface area contributed by atoms with E-state index >= 15 is 0 Å². The summed E-state index contributed by atoms with van der Waals surface area (Å²) in [6.07, 6.45) is 2.00. The fraction of sp³-hybridized carbons (Fsp3) is 0.238. The number of hydrogen-bond acceptors (Lipinski definition) is 6. The monoisotopic (exact) mass is 506 g/mol. The van der Waals surface area contributed by atoms with Crippen LogP contribution in [0.1, 0.15) is 25.2 Å². The van der Waals surface area contributed by atoms with Crippen LogP contribution in [0.15, 0.2) is 44.7 Å². The van der Waals surface area contributed by atoms with E-state index in [1.165, 1.54) is 10.9 Å². The summed E-state index contributed by atoms with van der Waals surface area (Å²) in [5.74, 6) is 0.434. The van der Waals surface area contributed by atoms with E-state index in [4.69, 9.17) is 26.8 Å². The molecular formula is C21H20BrClN4O4. The molecule has 0 aliphatic heterocycles. The average molecular weight is 508 g/mol. The van der Waals surface area contributed by atoms with Crippen LogP contribution >= 0.6 is 27.5 Å². The molecule has 0 aliphatic carbocycles. The van der Waals surface area contributed by atoms with Crippen LogP contribution in [-0.2, 0) is 11.2 Å². The van der Waals surface area contributed by atoms with E-state index in [9.17, 15) is 9.59 Å². The van der Waals surface area contributed by atoms with Gasteiger partial charge in [0.1, 0.15) is 5.82 Å². The lowest BCUT2D eigenvalue weighted by Gasteiger charge is -2.13. The van der Waals surface area contributed by atoms with Crippen molar-refractivity contribution in [2.24, 2.45) is 10.8 Å². The summed E-state index contributed by atoms with van der Waals surface area (Å²) in [5.41, 5.74) is 6.03. The number of fused-ring (bicyclic) bond motifs is 1. The van der Waals surface area contributed by atoms with Crippen LogP contribution in [0, 0.1) is 0 Å². The van der Waals surface area contributed by atoms with Crippen molar-refractivity contribution in [2.75, 3.05) is 13.2 Å². The van der Waals surface area contributed by atoms with E-state index < -0.39 is 5.91 Å². The Balaban J connectivity index is 2.05. The van der Waals surface area contributed by atoms with Gasteiger partial charge < -0.3 is 15.2 Å². The largest absolute Gasteiger partial charge is 0.490 e. The molecule has 0 spiro atoms. The number of carbonyl (C=O) groups is 1. The smallest absolute Gasteiger partial charge is 0.282 e. The van der Waals surface area contributed by atoms with Gasteiger partial charge >= 0.3 is 0 Å². The fourth-order valence-corrected chi connectivity index (χ4v) is 3.51. The predicted molar refractivity (Wildman–Crippen MR) is 123 cm³/mol. The molecule has 2 aromatic carbocycles. The summed E-state index contributed by atoms with van der Waals surface area (Å²) in [6, 6.07) is 8.57. The molecule has 0 aliphatic rings. The Hall–Kier alpha value is -2.91. The second-order valence-electron chi connectivity index (χ2n) is 6.42. The third-order valence-electron chi connectivity index (χ3n) is 4.20. The van der Waals surface area contributed by atoms with Crippen molar-refractivity contribution in [3.8, 4) is 11.5 Å². The van der Waals surface area contributed by atoms with Gasteiger partial charge in [-0.3, -0.25) is 9.59 Å². The number of hydrogen-bond donors (Lipinski definition) is 1. The first kappa shape index (κ1) is 22.8. The molecule has 0 bridgehead atoms. The number of amides is 1. The SMILES string of the molecule is CCOc1cc(C=Nn2c(CC)nc3ccc(Br)cc3c2=O)cc(Cl)c1OCC(N)=O. The Kier molecular flexibility index (Phi) is 7.29. The van der Waals surface area contributed by atoms with E-state index in [2.05, 4.69) is 26.0 Å². The van der Waals surface area contributed by atoms with Crippen molar-refractivity contribution < 1.29 is 14.3 Å². The maximum atomic E-state index is 13.0. The molecule has 0 atom stereocenters. The quantitative estimate of drug-likeness (QED) is 0.469. The topological polar surface area (TPSA) is 109 Å². The van der Waals surface area contributed by atoms with Gasteiger partial charge in [-0.15, -0.1) is 0 Å². The average Bonchev–Trinajstić information content (AvgIpc) is 2.72. The van der Waals surface area contributed by atoms with Crippen molar-refractivity contribution in [3.63, 3.8) is 0 Å². The molecule has 2 N–H and O–H groups in total. The van der Waals surface area contributed by atoms with Crippen LogP contribution in [0.25, 0.3) is 10.9 Å². The first-order valence-electron chi connectivity index (χ1n) is 9.47. The normalized spacial score (nSPS) is 11.2. The molecular weight excluding hydrogens is 488 g/mol. The van der Waals surface area contributed by atoms with E-state index in [1.54, 1.807) is 31.2 Å². The molecule has 0 unspecified atom stereocenters. The number of aryl methyl sites for hydroxylation is 1. The van der Waals surface area contributed by atoms with Gasteiger partial charge in [0.2, 0.25) is 0 Å². The second kappa shape index (κ2) is 9.93. The Morgan fingerprint density at radius 2 is 2.06 bits per heavy atom. The molecule has 1 heterocycles. The number of rotatable bonds is 8. The third kappa shape index (κ3) is 5.23. The molecule has 0 saturated heterocycles. The van der Waals surface area contributed by atoms with Gasteiger partial charge in [-0.2, -0.15) is 9.78 Å². The summed E-state index contributed by atoms with van der Waals surface area (Å²) in [5, 5.41) is 5.02. The minimum absolute atomic E-state index is 0.211. The molecule has 0 saturated carbocycles. The van der Waals surface area contributed by atoms with Crippen molar-refractivity contribution in [1.29, 1.82) is 0 Å².